The summed E-state index contributed by atoms with van der Waals surface area (Å²) in [4.78, 5) is 13.7. The predicted molar refractivity (Wildman–Crippen MR) is 110 cm³/mol. The molecule has 1 N–H and O–H groups in total. The topological polar surface area (TPSA) is 84.3 Å². The number of nitrogens with one attached hydrogen (secondary N) is 1. The average molecular weight is 410 g/mol. The van der Waals surface area contributed by atoms with Crippen molar-refractivity contribution in [3.05, 3.63) is 72.1 Å². The highest BCUT2D eigenvalue weighted by molar-refractivity contribution is 7.89. The van der Waals surface area contributed by atoms with E-state index in [9.17, 15) is 13.2 Å². The molecule has 0 aliphatic carbocycles. The van der Waals surface area contributed by atoms with E-state index in [1.807, 2.05) is 36.5 Å². The fourth-order valence-electron chi connectivity index (χ4n) is 3.56. The van der Waals surface area contributed by atoms with E-state index in [-0.39, 0.29) is 17.3 Å². The number of amides is 1. The molecule has 1 aliphatic heterocycles. The van der Waals surface area contributed by atoms with Crippen LogP contribution in [0.4, 0.5) is 5.69 Å². The van der Waals surface area contributed by atoms with Gasteiger partial charge in [-0.2, -0.15) is 5.10 Å². The number of aryl methyl sites for hydroxylation is 1. The second-order valence-corrected chi connectivity index (χ2v) is 8.78. The highest BCUT2D eigenvalue weighted by atomic mass is 32.2. The largest absolute Gasteiger partial charge is 0.312 e. The molecule has 2 aromatic carbocycles. The van der Waals surface area contributed by atoms with Crippen molar-refractivity contribution in [3.8, 4) is 5.69 Å². The summed E-state index contributed by atoms with van der Waals surface area (Å²) >= 11 is 0. The van der Waals surface area contributed by atoms with Gasteiger partial charge in [-0.1, -0.05) is 12.1 Å². The lowest BCUT2D eigenvalue weighted by Crippen LogP contribution is -2.33. The first kappa shape index (κ1) is 19.4. The summed E-state index contributed by atoms with van der Waals surface area (Å²) in [7, 11) is -3.67. The van der Waals surface area contributed by atoms with Crippen LogP contribution in [-0.4, -0.2) is 30.7 Å². The number of fused-ring (bicyclic) bond motifs is 1. The maximum absolute atomic E-state index is 12.8. The number of benzene rings is 2. The first-order valence-corrected chi connectivity index (χ1v) is 10.9. The zero-order valence-electron chi connectivity index (χ0n) is 16.1. The Balaban J connectivity index is 1.53. The molecule has 1 aromatic heterocycles. The van der Waals surface area contributed by atoms with Crippen molar-refractivity contribution in [2.45, 2.75) is 31.2 Å². The van der Waals surface area contributed by atoms with Crippen molar-refractivity contribution in [1.29, 1.82) is 0 Å². The van der Waals surface area contributed by atoms with Gasteiger partial charge in [-0.15, -0.1) is 0 Å². The molecule has 0 fully saturated rings. The molecule has 150 valence electrons. The number of carbonyl (C=O) groups is 1. The number of aromatic nitrogens is 2. The summed E-state index contributed by atoms with van der Waals surface area (Å²) in [6.07, 6.45) is 5.11. The van der Waals surface area contributed by atoms with Crippen LogP contribution < -0.4 is 9.62 Å². The molecule has 3 aromatic rings. The molecule has 1 amide bonds. The van der Waals surface area contributed by atoms with Crippen LogP contribution in [0.3, 0.4) is 0 Å². The van der Waals surface area contributed by atoms with Crippen LogP contribution in [0.15, 0.2) is 65.8 Å². The van der Waals surface area contributed by atoms with E-state index in [2.05, 4.69) is 9.82 Å². The zero-order valence-corrected chi connectivity index (χ0v) is 16.9. The first-order valence-electron chi connectivity index (χ1n) is 9.44. The van der Waals surface area contributed by atoms with Gasteiger partial charge >= 0.3 is 0 Å². The van der Waals surface area contributed by atoms with Gasteiger partial charge in [0, 0.05) is 38.1 Å². The van der Waals surface area contributed by atoms with E-state index in [1.165, 1.54) is 6.92 Å². The number of nitrogens with zero attached hydrogens (tertiary/aromatic N) is 3. The normalized spacial score (nSPS) is 13.9. The summed E-state index contributed by atoms with van der Waals surface area (Å²) in [5.41, 5.74) is 3.39. The molecule has 0 atom stereocenters. The van der Waals surface area contributed by atoms with Crippen molar-refractivity contribution >= 4 is 21.6 Å². The number of hydrogen-bond donors (Lipinski definition) is 1. The van der Waals surface area contributed by atoms with Crippen LogP contribution in [0.2, 0.25) is 0 Å². The predicted octanol–water partition coefficient (Wildman–Crippen LogP) is 2.65. The van der Waals surface area contributed by atoms with E-state index in [0.29, 0.717) is 6.54 Å². The highest BCUT2D eigenvalue weighted by Crippen LogP contribution is 2.29. The van der Waals surface area contributed by atoms with Gasteiger partial charge in [-0.25, -0.2) is 17.8 Å². The highest BCUT2D eigenvalue weighted by Gasteiger charge is 2.23. The van der Waals surface area contributed by atoms with Gasteiger partial charge in [0.25, 0.3) is 0 Å². The lowest BCUT2D eigenvalue weighted by atomic mass is 10.0. The second-order valence-electron chi connectivity index (χ2n) is 7.01. The van der Waals surface area contributed by atoms with Gasteiger partial charge in [-0.3, -0.25) is 4.79 Å². The van der Waals surface area contributed by atoms with E-state index in [1.54, 1.807) is 34.0 Å². The molecule has 4 rings (SSSR count). The minimum absolute atomic E-state index is 0.0308. The molecule has 0 unspecified atom stereocenters. The Morgan fingerprint density at radius 3 is 2.79 bits per heavy atom. The number of anilines is 1. The minimum Gasteiger partial charge on any atom is -0.312 e. The minimum atomic E-state index is -3.67. The van der Waals surface area contributed by atoms with Crippen LogP contribution >= 0.6 is 0 Å². The van der Waals surface area contributed by atoms with Crippen LogP contribution in [0, 0.1) is 0 Å². The fraction of sp³-hybridized carbons (Fsp3) is 0.238. The Morgan fingerprint density at radius 2 is 2.03 bits per heavy atom. The molecule has 2 heterocycles. The van der Waals surface area contributed by atoms with E-state index in [0.717, 1.165) is 35.3 Å². The molecule has 0 spiro atoms. The third-order valence-corrected chi connectivity index (χ3v) is 6.40. The van der Waals surface area contributed by atoms with Crippen molar-refractivity contribution < 1.29 is 13.2 Å². The molecular formula is C21H22N4O3S. The van der Waals surface area contributed by atoms with Crippen LogP contribution in [0.25, 0.3) is 5.69 Å². The summed E-state index contributed by atoms with van der Waals surface area (Å²) in [5, 5.41) is 4.19. The van der Waals surface area contributed by atoms with Crippen LogP contribution in [0.5, 0.6) is 0 Å². The standard InChI is InChI=1S/C21H22N4O3S/c1-16(26)24-11-3-6-18-14-20(8-9-21(18)24)29(27,28)23-15-17-5-2-7-19(13-17)25-12-4-10-22-25/h2,4-5,7-10,12-14,23H,3,6,11,15H2,1H3. The van der Waals surface area contributed by atoms with Crippen molar-refractivity contribution in [2.24, 2.45) is 0 Å². The smallest absolute Gasteiger partial charge is 0.240 e. The van der Waals surface area contributed by atoms with Gasteiger partial charge in [0.2, 0.25) is 15.9 Å². The van der Waals surface area contributed by atoms with Gasteiger partial charge in [0.15, 0.2) is 0 Å². The van der Waals surface area contributed by atoms with Gasteiger partial charge in [0.05, 0.1) is 10.6 Å². The quantitative estimate of drug-likeness (QED) is 0.701. The molecule has 29 heavy (non-hydrogen) atoms. The van der Waals surface area contributed by atoms with Gasteiger partial charge in [0.1, 0.15) is 0 Å². The molecule has 0 saturated carbocycles. The summed E-state index contributed by atoms with van der Waals surface area (Å²) in [6, 6.07) is 14.3. The monoisotopic (exact) mass is 410 g/mol. The Labute approximate surface area is 170 Å². The summed E-state index contributed by atoms with van der Waals surface area (Å²) in [5.74, 6) is -0.0308. The number of rotatable bonds is 5. The molecule has 8 heteroatoms. The molecular weight excluding hydrogens is 388 g/mol. The van der Waals surface area contributed by atoms with Crippen molar-refractivity contribution in [1.82, 2.24) is 14.5 Å². The van der Waals surface area contributed by atoms with Gasteiger partial charge < -0.3 is 4.90 Å². The Morgan fingerprint density at radius 1 is 1.17 bits per heavy atom. The molecule has 0 saturated heterocycles. The van der Waals surface area contributed by atoms with E-state index in [4.69, 9.17) is 0 Å². The molecule has 0 radical (unpaired) electrons. The van der Waals surface area contributed by atoms with Crippen molar-refractivity contribution in [2.75, 3.05) is 11.4 Å². The zero-order chi connectivity index (χ0) is 20.4. The lowest BCUT2D eigenvalue weighted by Gasteiger charge is -2.28. The Bertz CT molecular complexity index is 1140. The Kier molecular flexibility index (Phi) is 5.21. The van der Waals surface area contributed by atoms with Crippen molar-refractivity contribution in [3.63, 3.8) is 0 Å². The van der Waals surface area contributed by atoms with E-state index >= 15 is 0 Å². The van der Waals surface area contributed by atoms with E-state index < -0.39 is 10.0 Å². The third kappa shape index (κ3) is 4.08. The summed E-state index contributed by atoms with van der Waals surface area (Å²) in [6.45, 7) is 2.37. The average Bonchev–Trinajstić information content (AvgIpc) is 3.26. The lowest BCUT2D eigenvalue weighted by molar-refractivity contribution is -0.116. The summed E-state index contributed by atoms with van der Waals surface area (Å²) < 4.78 is 30.0. The van der Waals surface area contributed by atoms with Crippen LogP contribution in [-0.2, 0) is 27.8 Å². The SMILES string of the molecule is CC(=O)N1CCCc2cc(S(=O)(=O)NCc3cccc(-n4cccn4)c3)ccc21. The number of carbonyl (C=O) groups excluding carboxylic acids is 1. The van der Waals surface area contributed by atoms with Gasteiger partial charge in [-0.05, 0) is 60.4 Å². The maximum Gasteiger partial charge on any atom is 0.240 e. The number of sulfonamides is 1. The molecule has 7 nitrogen and oxygen atoms in total. The number of hydrogen-bond acceptors (Lipinski definition) is 4. The third-order valence-electron chi connectivity index (χ3n) is 5.01. The maximum atomic E-state index is 12.8. The molecule has 1 aliphatic rings. The first-order chi connectivity index (χ1) is 13.9. The second kappa shape index (κ2) is 7.81. The molecule has 0 bridgehead atoms. The fourth-order valence-corrected chi connectivity index (χ4v) is 4.63. The van der Waals surface area contributed by atoms with Crippen LogP contribution in [0.1, 0.15) is 24.5 Å². The Hall–Kier alpha value is -2.97.